The van der Waals surface area contributed by atoms with E-state index in [4.69, 9.17) is 10.5 Å². The summed E-state index contributed by atoms with van der Waals surface area (Å²) in [6.45, 7) is 3.20. The van der Waals surface area contributed by atoms with Crippen LogP contribution >= 0.6 is 0 Å². The Morgan fingerprint density at radius 1 is 1.40 bits per heavy atom. The minimum atomic E-state index is -1.61. The third-order valence-corrected chi connectivity index (χ3v) is 4.17. The number of H-pyrrole nitrogens is 1. The van der Waals surface area contributed by atoms with Crippen molar-refractivity contribution in [2.24, 2.45) is 5.92 Å². The Morgan fingerprint density at radius 3 is 2.72 bits per heavy atom. The molecule has 2 aromatic heterocycles. The van der Waals surface area contributed by atoms with Crippen LogP contribution < -0.4 is 11.3 Å². The van der Waals surface area contributed by atoms with Crippen molar-refractivity contribution in [2.45, 2.75) is 44.5 Å². The molecule has 136 valence electrons. The van der Waals surface area contributed by atoms with Crippen molar-refractivity contribution in [3.63, 3.8) is 0 Å². The number of ketones is 1. The first-order chi connectivity index (χ1) is 11.7. The number of nitrogen functional groups attached to an aromatic ring is 1. The predicted molar refractivity (Wildman–Crippen MR) is 84.3 cm³/mol. The number of anilines is 1. The molecule has 1 aliphatic rings. The van der Waals surface area contributed by atoms with Gasteiger partial charge in [0.25, 0.3) is 5.56 Å². The van der Waals surface area contributed by atoms with Crippen molar-refractivity contribution in [3.8, 4) is 0 Å². The van der Waals surface area contributed by atoms with Gasteiger partial charge < -0.3 is 25.8 Å². The van der Waals surface area contributed by atoms with E-state index in [9.17, 15) is 24.9 Å². The summed E-state index contributed by atoms with van der Waals surface area (Å²) in [5.41, 5.74) is 4.97. The number of Topliss-reactive ketones (excluding diaryl/α,β-unsaturated/α-hetero) is 1. The molecule has 3 rings (SSSR count). The van der Waals surface area contributed by atoms with E-state index in [0.29, 0.717) is 0 Å². The third-order valence-electron chi connectivity index (χ3n) is 4.17. The van der Waals surface area contributed by atoms with Crippen LogP contribution in [-0.4, -0.2) is 65.0 Å². The van der Waals surface area contributed by atoms with Crippen molar-refractivity contribution in [1.82, 2.24) is 19.5 Å². The molecule has 0 saturated carbocycles. The monoisotopic (exact) mass is 353 g/mol. The number of nitrogens with two attached hydrogens (primary N) is 1. The summed E-state index contributed by atoms with van der Waals surface area (Å²) < 4.78 is 6.73. The second-order valence-electron chi connectivity index (χ2n) is 6.25. The lowest BCUT2D eigenvalue weighted by Gasteiger charge is -2.21. The Kier molecular flexibility index (Phi) is 4.33. The van der Waals surface area contributed by atoms with Crippen molar-refractivity contribution in [2.75, 3.05) is 5.73 Å². The molecule has 5 atom stereocenters. The average molecular weight is 353 g/mol. The number of aromatic nitrogens is 4. The molecule has 1 aliphatic heterocycles. The average Bonchev–Trinajstić information content (AvgIpc) is 3.08. The summed E-state index contributed by atoms with van der Waals surface area (Å²) in [6, 6.07) is 0. The van der Waals surface area contributed by atoms with E-state index in [2.05, 4.69) is 15.0 Å². The molecule has 0 spiro atoms. The number of carbonyl (C=O) groups excluding carboxylic acids is 1. The van der Waals surface area contributed by atoms with Gasteiger partial charge in [0.15, 0.2) is 23.2 Å². The van der Waals surface area contributed by atoms with E-state index < -0.39 is 47.9 Å². The fourth-order valence-electron chi connectivity index (χ4n) is 2.81. The summed E-state index contributed by atoms with van der Waals surface area (Å²) >= 11 is 0. The number of nitrogens with zero attached hydrogens (tertiary/aromatic N) is 3. The Bertz CT molecular complexity index is 861. The standard InChI is InChI=1S/C14H19N5O6/c1-4(2)6(20)7(21)10-8(22)9(23)13(25-10)19-3-16-5-11(19)17-14(15)18-12(5)24/h3-4,7-10,13,21-23H,1-2H3,(H3,15,17,18,24)/t7?,8-,9+,10+,13+/m0/s1. The second kappa shape index (κ2) is 6.19. The molecule has 0 aliphatic carbocycles. The summed E-state index contributed by atoms with van der Waals surface area (Å²) in [5.74, 6) is -1.15. The number of aromatic amines is 1. The number of hydrogen-bond acceptors (Lipinski definition) is 9. The first kappa shape index (κ1) is 17.5. The number of ether oxygens (including phenoxy) is 1. The summed E-state index contributed by atoms with van der Waals surface area (Å²) in [7, 11) is 0. The number of fused-ring (bicyclic) bond motifs is 1. The molecule has 1 fully saturated rings. The maximum absolute atomic E-state index is 12.0. The molecular formula is C14H19N5O6. The highest BCUT2D eigenvalue weighted by Gasteiger charge is 2.49. The summed E-state index contributed by atoms with van der Waals surface area (Å²) in [6.07, 6.45) is -5.92. The highest BCUT2D eigenvalue weighted by Crippen LogP contribution is 2.33. The maximum atomic E-state index is 12.0. The van der Waals surface area contributed by atoms with Gasteiger partial charge in [0.1, 0.15) is 24.4 Å². The molecular weight excluding hydrogens is 334 g/mol. The molecule has 11 heteroatoms. The zero-order valence-corrected chi connectivity index (χ0v) is 13.5. The van der Waals surface area contributed by atoms with E-state index in [1.54, 1.807) is 13.8 Å². The fraction of sp³-hybridized carbons (Fsp3) is 0.571. The van der Waals surface area contributed by atoms with Crippen LogP contribution in [0.15, 0.2) is 11.1 Å². The molecule has 1 unspecified atom stereocenters. The van der Waals surface area contributed by atoms with Gasteiger partial charge in [-0.3, -0.25) is 19.1 Å². The zero-order valence-electron chi connectivity index (χ0n) is 13.5. The lowest BCUT2D eigenvalue weighted by atomic mass is 9.96. The molecule has 25 heavy (non-hydrogen) atoms. The molecule has 11 nitrogen and oxygen atoms in total. The smallest absolute Gasteiger partial charge is 0.280 e. The number of imidazole rings is 1. The molecule has 2 aromatic rings. The Hall–Kier alpha value is -2.34. The van der Waals surface area contributed by atoms with Gasteiger partial charge in [-0.05, 0) is 0 Å². The van der Waals surface area contributed by atoms with Gasteiger partial charge in [0.2, 0.25) is 5.95 Å². The number of aliphatic hydroxyl groups is 3. The number of rotatable bonds is 4. The zero-order chi connectivity index (χ0) is 18.5. The summed E-state index contributed by atoms with van der Waals surface area (Å²) in [4.78, 5) is 33.9. The molecule has 6 N–H and O–H groups in total. The van der Waals surface area contributed by atoms with E-state index in [1.807, 2.05) is 0 Å². The van der Waals surface area contributed by atoms with Crippen LogP contribution in [0.4, 0.5) is 5.95 Å². The molecule has 0 bridgehead atoms. The Balaban J connectivity index is 1.97. The van der Waals surface area contributed by atoms with Crippen LogP contribution in [0.3, 0.4) is 0 Å². The van der Waals surface area contributed by atoms with Crippen molar-refractivity contribution >= 4 is 22.9 Å². The van der Waals surface area contributed by atoms with Gasteiger partial charge >= 0.3 is 0 Å². The number of nitrogens with one attached hydrogen (secondary N) is 1. The van der Waals surface area contributed by atoms with Gasteiger partial charge in [-0.1, -0.05) is 13.8 Å². The van der Waals surface area contributed by atoms with Gasteiger partial charge in [0, 0.05) is 5.92 Å². The minimum Gasteiger partial charge on any atom is -0.387 e. The number of aliphatic hydroxyl groups excluding tert-OH is 3. The van der Waals surface area contributed by atoms with E-state index in [1.165, 1.54) is 10.9 Å². The fourth-order valence-corrected chi connectivity index (χ4v) is 2.81. The topological polar surface area (TPSA) is 177 Å². The number of hydrogen-bond donors (Lipinski definition) is 5. The first-order valence-corrected chi connectivity index (χ1v) is 7.68. The second-order valence-corrected chi connectivity index (χ2v) is 6.25. The first-order valence-electron chi connectivity index (χ1n) is 7.68. The van der Waals surface area contributed by atoms with Crippen LogP contribution in [0.2, 0.25) is 0 Å². The molecule has 0 aromatic carbocycles. The van der Waals surface area contributed by atoms with Crippen molar-refractivity contribution < 1.29 is 24.9 Å². The molecule has 0 radical (unpaired) electrons. The highest BCUT2D eigenvalue weighted by atomic mass is 16.6. The van der Waals surface area contributed by atoms with Gasteiger partial charge in [0.05, 0.1) is 6.33 Å². The van der Waals surface area contributed by atoms with E-state index in [-0.39, 0.29) is 17.1 Å². The van der Waals surface area contributed by atoms with Gasteiger partial charge in [-0.25, -0.2) is 4.98 Å². The predicted octanol–water partition coefficient (Wildman–Crippen LogP) is -2.09. The largest absolute Gasteiger partial charge is 0.387 e. The third kappa shape index (κ3) is 2.80. The Morgan fingerprint density at radius 2 is 2.08 bits per heavy atom. The lowest BCUT2D eigenvalue weighted by Crippen LogP contribution is -2.44. The quantitative estimate of drug-likeness (QED) is 0.412. The normalized spacial score (nSPS) is 27.9. The number of carbonyl (C=O) groups is 1. The van der Waals surface area contributed by atoms with Crippen LogP contribution in [0.1, 0.15) is 20.1 Å². The van der Waals surface area contributed by atoms with Crippen LogP contribution in [0.25, 0.3) is 11.2 Å². The molecule has 1 saturated heterocycles. The van der Waals surface area contributed by atoms with Crippen molar-refractivity contribution in [1.29, 1.82) is 0 Å². The van der Waals surface area contributed by atoms with Crippen LogP contribution in [0.5, 0.6) is 0 Å². The van der Waals surface area contributed by atoms with Gasteiger partial charge in [-0.2, -0.15) is 4.98 Å². The van der Waals surface area contributed by atoms with Crippen LogP contribution in [-0.2, 0) is 9.53 Å². The minimum absolute atomic E-state index is 0.0262. The van der Waals surface area contributed by atoms with Gasteiger partial charge in [-0.15, -0.1) is 0 Å². The maximum Gasteiger partial charge on any atom is 0.280 e. The van der Waals surface area contributed by atoms with E-state index in [0.717, 1.165) is 0 Å². The highest BCUT2D eigenvalue weighted by molar-refractivity contribution is 5.85. The van der Waals surface area contributed by atoms with E-state index >= 15 is 0 Å². The lowest BCUT2D eigenvalue weighted by molar-refractivity contribution is -0.144. The SMILES string of the molecule is CC(C)C(=O)C(O)[C@H]1O[C@@H](n2cnc3c(=O)[nH]c(N)nc32)[C@H](O)[C@@H]1O. The Labute approximate surface area is 141 Å². The van der Waals surface area contributed by atoms with Crippen LogP contribution in [0, 0.1) is 5.92 Å². The molecule has 0 amide bonds. The molecule has 3 heterocycles. The summed E-state index contributed by atoms with van der Waals surface area (Å²) in [5, 5.41) is 30.6. The van der Waals surface area contributed by atoms with Crippen molar-refractivity contribution in [3.05, 3.63) is 16.7 Å².